The molecule has 0 aromatic rings. The molecule has 0 heterocycles. The molecule has 0 saturated carbocycles. The summed E-state index contributed by atoms with van der Waals surface area (Å²) in [4.78, 5) is 2.79. The zero-order valence-electron chi connectivity index (χ0n) is 7.25. The number of hydrogen-bond acceptors (Lipinski definition) is 2. The molecule has 0 aliphatic heterocycles. The molecule has 1 atom stereocenters. The Bertz CT molecular complexity index is 128. The number of rotatable bonds is 6. The van der Waals surface area contributed by atoms with Crippen molar-refractivity contribution in [1.29, 1.82) is 0 Å². The highest BCUT2D eigenvalue weighted by Gasteiger charge is 2.02. The maximum absolute atomic E-state index is 8.19. The summed E-state index contributed by atoms with van der Waals surface area (Å²) in [7, 11) is 1.87. The molecular formula is C7H16N4. The predicted octanol–water partition coefficient (Wildman–Crippen LogP) is 2.07. The fraction of sp³-hybridized carbons (Fsp3) is 1.00. The topological polar surface area (TPSA) is 60.8 Å². The number of nitrogens with one attached hydrogen (secondary N) is 1. The van der Waals surface area contributed by atoms with Crippen LogP contribution in [0.3, 0.4) is 0 Å². The monoisotopic (exact) mass is 156 g/mol. The maximum Gasteiger partial charge on any atom is 0.0498 e. The molecule has 0 amide bonds. The SMILES string of the molecule is CCCCC(CNC)N=[N+]=[N-]. The highest BCUT2D eigenvalue weighted by molar-refractivity contribution is 4.68. The Morgan fingerprint density at radius 3 is 2.82 bits per heavy atom. The van der Waals surface area contributed by atoms with E-state index in [1.165, 1.54) is 0 Å². The summed E-state index contributed by atoms with van der Waals surface area (Å²) < 4.78 is 0. The van der Waals surface area contributed by atoms with Crippen LogP contribution in [0, 0.1) is 0 Å². The molecule has 0 aromatic carbocycles. The normalized spacial score (nSPS) is 12.2. The van der Waals surface area contributed by atoms with Crippen LogP contribution >= 0.6 is 0 Å². The van der Waals surface area contributed by atoms with E-state index in [2.05, 4.69) is 22.3 Å². The molecular weight excluding hydrogens is 140 g/mol. The summed E-state index contributed by atoms with van der Waals surface area (Å²) in [5.41, 5.74) is 8.19. The molecule has 0 saturated heterocycles. The van der Waals surface area contributed by atoms with Crippen molar-refractivity contribution in [2.24, 2.45) is 5.11 Å². The lowest BCUT2D eigenvalue weighted by Crippen LogP contribution is -2.21. The van der Waals surface area contributed by atoms with Crippen LogP contribution < -0.4 is 5.32 Å². The second kappa shape index (κ2) is 7.38. The highest BCUT2D eigenvalue weighted by Crippen LogP contribution is 2.03. The summed E-state index contributed by atoms with van der Waals surface area (Å²) in [6.45, 7) is 2.91. The summed E-state index contributed by atoms with van der Waals surface area (Å²) in [6, 6.07) is 0.130. The third-order valence-corrected chi connectivity index (χ3v) is 1.55. The Balaban J connectivity index is 3.59. The van der Waals surface area contributed by atoms with Crippen LogP contribution in [-0.2, 0) is 0 Å². The number of unbranched alkanes of at least 4 members (excludes halogenated alkanes) is 1. The second-order valence-corrected chi connectivity index (χ2v) is 2.56. The van der Waals surface area contributed by atoms with E-state index in [0.29, 0.717) is 0 Å². The van der Waals surface area contributed by atoms with Crippen molar-refractivity contribution in [3.05, 3.63) is 10.4 Å². The zero-order valence-corrected chi connectivity index (χ0v) is 7.25. The van der Waals surface area contributed by atoms with Crippen molar-refractivity contribution >= 4 is 0 Å². The van der Waals surface area contributed by atoms with Gasteiger partial charge in [-0.25, -0.2) is 0 Å². The highest BCUT2D eigenvalue weighted by atomic mass is 15.2. The molecule has 4 nitrogen and oxygen atoms in total. The molecule has 0 radical (unpaired) electrons. The van der Waals surface area contributed by atoms with Crippen LogP contribution in [0.15, 0.2) is 5.11 Å². The predicted molar refractivity (Wildman–Crippen MR) is 46.4 cm³/mol. The third-order valence-electron chi connectivity index (χ3n) is 1.55. The van der Waals surface area contributed by atoms with Crippen molar-refractivity contribution in [2.75, 3.05) is 13.6 Å². The minimum absolute atomic E-state index is 0.130. The van der Waals surface area contributed by atoms with Crippen LogP contribution in [0.4, 0.5) is 0 Å². The first kappa shape index (κ1) is 10.3. The first-order valence-corrected chi connectivity index (χ1v) is 4.04. The van der Waals surface area contributed by atoms with Gasteiger partial charge in [0.25, 0.3) is 0 Å². The van der Waals surface area contributed by atoms with Gasteiger partial charge < -0.3 is 5.32 Å². The molecule has 64 valence electrons. The summed E-state index contributed by atoms with van der Waals surface area (Å²) in [5.74, 6) is 0. The molecule has 0 fully saturated rings. The molecule has 0 aromatic heterocycles. The minimum atomic E-state index is 0.130. The Kier molecular flexibility index (Phi) is 6.89. The molecule has 0 rings (SSSR count). The average molecular weight is 156 g/mol. The quantitative estimate of drug-likeness (QED) is 0.357. The minimum Gasteiger partial charge on any atom is -0.319 e. The number of azide groups is 1. The van der Waals surface area contributed by atoms with Gasteiger partial charge in [-0.3, -0.25) is 0 Å². The van der Waals surface area contributed by atoms with Crippen LogP contribution in [0.2, 0.25) is 0 Å². The van der Waals surface area contributed by atoms with Gasteiger partial charge in [0, 0.05) is 17.5 Å². The average Bonchev–Trinajstić information content (AvgIpc) is 2.01. The first-order chi connectivity index (χ1) is 5.35. The van der Waals surface area contributed by atoms with Gasteiger partial charge >= 0.3 is 0 Å². The van der Waals surface area contributed by atoms with E-state index in [-0.39, 0.29) is 6.04 Å². The Labute approximate surface area is 67.6 Å². The van der Waals surface area contributed by atoms with Crippen LogP contribution in [0.25, 0.3) is 10.4 Å². The van der Waals surface area contributed by atoms with E-state index in [1.807, 2.05) is 7.05 Å². The molecule has 0 bridgehead atoms. The van der Waals surface area contributed by atoms with E-state index in [4.69, 9.17) is 5.53 Å². The Morgan fingerprint density at radius 2 is 2.36 bits per heavy atom. The molecule has 1 unspecified atom stereocenters. The van der Waals surface area contributed by atoms with E-state index < -0.39 is 0 Å². The lowest BCUT2D eigenvalue weighted by Gasteiger charge is -2.07. The van der Waals surface area contributed by atoms with Crippen molar-refractivity contribution in [3.8, 4) is 0 Å². The van der Waals surface area contributed by atoms with Crippen molar-refractivity contribution in [3.63, 3.8) is 0 Å². The summed E-state index contributed by atoms with van der Waals surface area (Å²) in [6.07, 6.45) is 3.27. The fourth-order valence-corrected chi connectivity index (χ4v) is 0.949. The van der Waals surface area contributed by atoms with Gasteiger partial charge in [-0.05, 0) is 19.0 Å². The lowest BCUT2D eigenvalue weighted by molar-refractivity contribution is 0.547. The second-order valence-electron chi connectivity index (χ2n) is 2.56. The molecule has 1 N–H and O–H groups in total. The lowest BCUT2D eigenvalue weighted by atomic mass is 10.1. The number of nitrogens with zero attached hydrogens (tertiary/aromatic N) is 3. The smallest absolute Gasteiger partial charge is 0.0498 e. The maximum atomic E-state index is 8.19. The van der Waals surface area contributed by atoms with Crippen LogP contribution in [-0.4, -0.2) is 19.6 Å². The van der Waals surface area contributed by atoms with Crippen LogP contribution in [0.1, 0.15) is 26.2 Å². The Hall–Kier alpha value is -0.730. The van der Waals surface area contributed by atoms with Gasteiger partial charge in [0.2, 0.25) is 0 Å². The van der Waals surface area contributed by atoms with E-state index in [9.17, 15) is 0 Å². The van der Waals surface area contributed by atoms with E-state index in [0.717, 1.165) is 25.8 Å². The standard InChI is InChI=1S/C7H16N4/c1-3-4-5-7(6-9-2)10-11-8/h7,9H,3-6H2,1-2H3. The summed E-state index contributed by atoms with van der Waals surface area (Å²) in [5, 5.41) is 6.67. The molecule has 0 aliphatic carbocycles. The summed E-state index contributed by atoms with van der Waals surface area (Å²) >= 11 is 0. The van der Waals surface area contributed by atoms with Gasteiger partial charge in [-0.1, -0.05) is 24.9 Å². The fourth-order valence-electron chi connectivity index (χ4n) is 0.949. The molecule has 11 heavy (non-hydrogen) atoms. The van der Waals surface area contributed by atoms with E-state index >= 15 is 0 Å². The van der Waals surface area contributed by atoms with Gasteiger partial charge in [0.05, 0.1) is 0 Å². The first-order valence-electron chi connectivity index (χ1n) is 4.04. The largest absolute Gasteiger partial charge is 0.319 e. The zero-order chi connectivity index (χ0) is 8.53. The van der Waals surface area contributed by atoms with Crippen molar-refractivity contribution in [2.45, 2.75) is 32.2 Å². The Morgan fingerprint density at radius 1 is 1.64 bits per heavy atom. The molecule has 4 heteroatoms. The van der Waals surface area contributed by atoms with Crippen molar-refractivity contribution in [1.82, 2.24) is 5.32 Å². The van der Waals surface area contributed by atoms with Gasteiger partial charge in [-0.15, -0.1) is 0 Å². The number of hydrogen-bond donors (Lipinski definition) is 1. The molecule has 0 aliphatic rings. The number of likely N-dealkylation sites (N-methyl/N-ethyl adjacent to an activating group) is 1. The van der Waals surface area contributed by atoms with E-state index in [1.54, 1.807) is 0 Å². The van der Waals surface area contributed by atoms with Gasteiger partial charge in [0.15, 0.2) is 0 Å². The van der Waals surface area contributed by atoms with Gasteiger partial charge in [-0.2, -0.15) is 0 Å². The van der Waals surface area contributed by atoms with Crippen LogP contribution in [0.5, 0.6) is 0 Å². The third kappa shape index (κ3) is 5.70. The van der Waals surface area contributed by atoms with Crippen molar-refractivity contribution < 1.29 is 0 Å². The van der Waals surface area contributed by atoms with Gasteiger partial charge in [0.1, 0.15) is 0 Å². The molecule has 0 spiro atoms.